The van der Waals surface area contributed by atoms with Crippen LogP contribution in [0.4, 0.5) is 0 Å². The zero-order chi connectivity index (χ0) is 12.6. The van der Waals surface area contributed by atoms with Gasteiger partial charge in [0.05, 0.1) is 0 Å². The minimum atomic E-state index is 0.692. The minimum Gasteiger partial charge on any atom is -0.316 e. The Labute approximate surface area is 111 Å². The van der Waals surface area contributed by atoms with Crippen LogP contribution in [0.1, 0.15) is 24.8 Å². The number of hydrogen-bond donors (Lipinski definition) is 1. The second-order valence-corrected chi connectivity index (χ2v) is 5.03. The summed E-state index contributed by atoms with van der Waals surface area (Å²) in [5, 5.41) is 3.39. The van der Waals surface area contributed by atoms with E-state index in [1.807, 2.05) is 0 Å². The number of hydrogen-bond acceptors (Lipinski definition) is 2. The fraction of sp³-hybridized carbons (Fsp3) is 0.500. The predicted molar refractivity (Wildman–Crippen MR) is 78.6 cm³/mol. The zero-order valence-corrected chi connectivity index (χ0v) is 11.3. The van der Waals surface area contributed by atoms with Gasteiger partial charge in [-0.3, -0.25) is 0 Å². The standard InChI is InChI=1S/C16H24N2/c1-17-16-11-7-13-18(14-16)12-6-5-10-15-8-3-2-4-9-15/h2-5,8-10,16-17H,6-7,11-14H2,1H3/b10-5+. The second-order valence-electron chi connectivity index (χ2n) is 5.03. The van der Waals surface area contributed by atoms with Crippen molar-refractivity contribution in [2.75, 3.05) is 26.7 Å². The summed E-state index contributed by atoms with van der Waals surface area (Å²) in [4.78, 5) is 2.57. The molecule has 1 atom stereocenters. The third-order valence-electron chi connectivity index (χ3n) is 3.64. The fourth-order valence-electron chi connectivity index (χ4n) is 2.53. The first-order chi connectivity index (χ1) is 8.88. The average Bonchev–Trinajstić information content (AvgIpc) is 2.45. The average molecular weight is 244 g/mol. The molecule has 0 spiro atoms. The summed E-state index contributed by atoms with van der Waals surface area (Å²) >= 11 is 0. The maximum Gasteiger partial charge on any atom is 0.0192 e. The van der Waals surface area contributed by atoms with Crippen LogP contribution in [0, 0.1) is 0 Å². The molecule has 1 heterocycles. The highest BCUT2D eigenvalue weighted by Crippen LogP contribution is 2.10. The van der Waals surface area contributed by atoms with Gasteiger partial charge in [-0.15, -0.1) is 0 Å². The molecule has 18 heavy (non-hydrogen) atoms. The van der Waals surface area contributed by atoms with Gasteiger partial charge in [0, 0.05) is 19.1 Å². The molecule has 0 amide bonds. The van der Waals surface area contributed by atoms with Gasteiger partial charge in [-0.25, -0.2) is 0 Å². The Bertz CT molecular complexity index is 359. The Kier molecular flexibility index (Phi) is 5.43. The van der Waals surface area contributed by atoms with Gasteiger partial charge >= 0.3 is 0 Å². The van der Waals surface area contributed by atoms with Crippen LogP contribution in [0.25, 0.3) is 6.08 Å². The number of nitrogens with one attached hydrogen (secondary N) is 1. The maximum absolute atomic E-state index is 3.39. The smallest absolute Gasteiger partial charge is 0.0192 e. The van der Waals surface area contributed by atoms with Gasteiger partial charge in [0.1, 0.15) is 0 Å². The molecule has 0 aliphatic carbocycles. The molecular formula is C16H24N2. The van der Waals surface area contributed by atoms with Crippen molar-refractivity contribution < 1.29 is 0 Å². The largest absolute Gasteiger partial charge is 0.316 e. The Morgan fingerprint density at radius 2 is 2.17 bits per heavy atom. The van der Waals surface area contributed by atoms with E-state index in [1.165, 1.54) is 38.0 Å². The van der Waals surface area contributed by atoms with Crippen LogP contribution >= 0.6 is 0 Å². The van der Waals surface area contributed by atoms with E-state index in [-0.39, 0.29) is 0 Å². The van der Waals surface area contributed by atoms with Crippen molar-refractivity contribution in [3.8, 4) is 0 Å². The number of rotatable bonds is 5. The van der Waals surface area contributed by atoms with Crippen molar-refractivity contribution >= 4 is 6.08 Å². The summed E-state index contributed by atoms with van der Waals surface area (Å²) in [6.45, 7) is 3.65. The highest BCUT2D eigenvalue weighted by Gasteiger charge is 2.16. The summed E-state index contributed by atoms with van der Waals surface area (Å²) < 4.78 is 0. The first-order valence-electron chi connectivity index (χ1n) is 6.99. The van der Waals surface area contributed by atoms with Gasteiger partial charge in [-0.1, -0.05) is 42.5 Å². The second kappa shape index (κ2) is 7.34. The molecule has 98 valence electrons. The van der Waals surface area contributed by atoms with E-state index in [2.05, 4.69) is 59.7 Å². The van der Waals surface area contributed by atoms with Crippen LogP contribution in [-0.4, -0.2) is 37.6 Å². The van der Waals surface area contributed by atoms with Gasteiger partial charge in [0.2, 0.25) is 0 Å². The molecule has 0 bridgehead atoms. The van der Waals surface area contributed by atoms with Gasteiger partial charge in [-0.05, 0) is 38.4 Å². The summed E-state index contributed by atoms with van der Waals surface area (Å²) in [5.74, 6) is 0. The summed E-state index contributed by atoms with van der Waals surface area (Å²) in [6.07, 6.45) is 8.31. The topological polar surface area (TPSA) is 15.3 Å². The van der Waals surface area contributed by atoms with Crippen LogP contribution in [0.15, 0.2) is 36.4 Å². The fourth-order valence-corrected chi connectivity index (χ4v) is 2.53. The molecule has 1 fully saturated rings. The van der Waals surface area contributed by atoms with E-state index in [9.17, 15) is 0 Å². The van der Waals surface area contributed by atoms with Gasteiger partial charge in [0.15, 0.2) is 0 Å². The molecule has 1 aromatic carbocycles. The molecule has 1 unspecified atom stereocenters. The highest BCUT2D eigenvalue weighted by atomic mass is 15.2. The molecule has 1 saturated heterocycles. The van der Waals surface area contributed by atoms with E-state index >= 15 is 0 Å². The van der Waals surface area contributed by atoms with E-state index in [0.717, 1.165) is 6.42 Å². The van der Waals surface area contributed by atoms with Gasteiger partial charge in [0.25, 0.3) is 0 Å². The number of benzene rings is 1. The van der Waals surface area contributed by atoms with Crippen molar-refractivity contribution in [2.45, 2.75) is 25.3 Å². The maximum atomic E-state index is 3.39. The van der Waals surface area contributed by atoms with Crippen LogP contribution in [0.3, 0.4) is 0 Å². The van der Waals surface area contributed by atoms with Crippen LogP contribution in [-0.2, 0) is 0 Å². The first kappa shape index (κ1) is 13.3. The molecular weight excluding hydrogens is 220 g/mol. The van der Waals surface area contributed by atoms with E-state index in [1.54, 1.807) is 0 Å². The van der Waals surface area contributed by atoms with Crippen molar-refractivity contribution in [2.24, 2.45) is 0 Å². The number of likely N-dealkylation sites (N-methyl/N-ethyl adjacent to an activating group) is 1. The highest BCUT2D eigenvalue weighted by molar-refractivity contribution is 5.48. The van der Waals surface area contributed by atoms with E-state index < -0.39 is 0 Å². The van der Waals surface area contributed by atoms with E-state index in [0.29, 0.717) is 6.04 Å². The molecule has 1 aromatic rings. The Morgan fingerprint density at radius 1 is 1.33 bits per heavy atom. The lowest BCUT2D eigenvalue weighted by molar-refractivity contribution is 0.198. The molecule has 1 N–H and O–H groups in total. The van der Waals surface area contributed by atoms with Crippen molar-refractivity contribution in [1.82, 2.24) is 10.2 Å². The third kappa shape index (κ3) is 4.28. The Balaban J connectivity index is 1.70. The lowest BCUT2D eigenvalue weighted by Crippen LogP contribution is -2.44. The lowest BCUT2D eigenvalue weighted by atomic mass is 10.1. The quantitative estimate of drug-likeness (QED) is 0.857. The Hall–Kier alpha value is -1.12. The van der Waals surface area contributed by atoms with Crippen molar-refractivity contribution in [1.29, 1.82) is 0 Å². The number of likely N-dealkylation sites (tertiary alicyclic amines) is 1. The molecule has 1 aliphatic rings. The molecule has 2 rings (SSSR count). The third-order valence-corrected chi connectivity index (χ3v) is 3.64. The van der Waals surface area contributed by atoms with Crippen molar-refractivity contribution in [3.63, 3.8) is 0 Å². The lowest BCUT2D eigenvalue weighted by Gasteiger charge is -2.32. The molecule has 0 saturated carbocycles. The predicted octanol–water partition coefficient (Wildman–Crippen LogP) is 2.77. The van der Waals surface area contributed by atoms with Crippen LogP contribution in [0.2, 0.25) is 0 Å². The summed E-state index contributed by atoms with van der Waals surface area (Å²) in [5.41, 5.74) is 1.30. The molecule has 0 radical (unpaired) electrons. The minimum absolute atomic E-state index is 0.692. The monoisotopic (exact) mass is 244 g/mol. The molecule has 2 heteroatoms. The molecule has 1 aliphatic heterocycles. The van der Waals surface area contributed by atoms with E-state index in [4.69, 9.17) is 0 Å². The number of nitrogens with zero attached hydrogens (tertiary/aromatic N) is 1. The van der Waals surface area contributed by atoms with Crippen LogP contribution in [0.5, 0.6) is 0 Å². The normalized spacial score (nSPS) is 21.5. The Morgan fingerprint density at radius 3 is 2.94 bits per heavy atom. The summed E-state index contributed by atoms with van der Waals surface area (Å²) in [6, 6.07) is 11.2. The van der Waals surface area contributed by atoms with Crippen molar-refractivity contribution in [3.05, 3.63) is 42.0 Å². The summed E-state index contributed by atoms with van der Waals surface area (Å²) in [7, 11) is 2.07. The van der Waals surface area contributed by atoms with Gasteiger partial charge < -0.3 is 10.2 Å². The SMILES string of the molecule is CNC1CCCN(CC/C=C/c2ccccc2)C1. The molecule has 0 aromatic heterocycles. The van der Waals surface area contributed by atoms with Crippen LogP contribution < -0.4 is 5.32 Å². The molecule has 2 nitrogen and oxygen atoms in total. The van der Waals surface area contributed by atoms with Gasteiger partial charge in [-0.2, -0.15) is 0 Å². The number of piperidine rings is 1. The zero-order valence-electron chi connectivity index (χ0n) is 11.3. The first-order valence-corrected chi connectivity index (χ1v) is 6.99.